The van der Waals surface area contributed by atoms with Crippen LogP contribution in [0.25, 0.3) is 0 Å². The minimum Gasteiger partial charge on any atom is -0.386 e. The summed E-state index contributed by atoms with van der Waals surface area (Å²) >= 11 is 0. The Kier molecular flexibility index (Phi) is 11.0. The quantitative estimate of drug-likeness (QED) is 0.472. The summed E-state index contributed by atoms with van der Waals surface area (Å²) in [5.41, 5.74) is 1.11. The van der Waals surface area contributed by atoms with Crippen molar-refractivity contribution in [2.75, 3.05) is 20.2 Å². The molecule has 0 heterocycles. The predicted octanol–water partition coefficient (Wildman–Crippen LogP) is 2.38. The second-order valence-electron chi connectivity index (χ2n) is 4.27. The van der Waals surface area contributed by atoms with Gasteiger partial charge >= 0.3 is 0 Å². The molecule has 19 heavy (non-hydrogen) atoms. The maximum Gasteiger partial charge on any atom is 0.249 e. The van der Waals surface area contributed by atoms with Gasteiger partial charge in [0.1, 0.15) is 6.10 Å². The van der Waals surface area contributed by atoms with Gasteiger partial charge in [0.2, 0.25) is 5.91 Å². The Hall–Kier alpha value is -1.29. The molecule has 0 unspecified atom stereocenters. The SMILES string of the molecule is C/C=C(\C=C/CCNC(=O)[C@@H](CCC)OC)NCC. The number of ether oxygens (including phenoxy) is 1. The number of carbonyl (C=O) groups is 1. The molecule has 0 spiro atoms. The summed E-state index contributed by atoms with van der Waals surface area (Å²) in [5, 5.41) is 6.13. The predicted molar refractivity (Wildman–Crippen MR) is 79.9 cm³/mol. The first-order valence-electron chi connectivity index (χ1n) is 7.06. The van der Waals surface area contributed by atoms with E-state index in [0.29, 0.717) is 6.54 Å². The number of hydrogen-bond donors (Lipinski definition) is 2. The summed E-state index contributed by atoms with van der Waals surface area (Å²) in [7, 11) is 1.58. The van der Waals surface area contributed by atoms with Gasteiger partial charge in [-0.15, -0.1) is 0 Å². The molecule has 0 aliphatic carbocycles. The van der Waals surface area contributed by atoms with Crippen molar-refractivity contribution in [3.8, 4) is 0 Å². The summed E-state index contributed by atoms with van der Waals surface area (Å²) < 4.78 is 5.15. The number of methoxy groups -OCH3 is 1. The Balaban J connectivity index is 3.90. The highest BCUT2D eigenvalue weighted by molar-refractivity contribution is 5.80. The molecule has 0 aliphatic heterocycles. The van der Waals surface area contributed by atoms with Crippen molar-refractivity contribution < 1.29 is 9.53 Å². The Bertz CT molecular complexity index is 299. The zero-order chi connectivity index (χ0) is 14.5. The lowest BCUT2D eigenvalue weighted by molar-refractivity contribution is -0.131. The molecule has 4 heteroatoms. The third kappa shape index (κ3) is 8.43. The summed E-state index contributed by atoms with van der Waals surface area (Å²) in [6, 6.07) is 0. The normalized spacial score (nSPS) is 13.6. The van der Waals surface area contributed by atoms with E-state index in [1.807, 2.05) is 26.0 Å². The van der Waals surface area contributed by atoms with Crippen molar-refractivity contribution in [1.29, 1.82) is 0 Å². The molecule has 1 atom stereocenters. The van der Waals surface area contributed by atoms with Crippen LogP contribution in [0.4, 0.5) is 0 Å². The molecule has 0 aromatic rings. The molecule has 4 nitrogen and oxygen atoms in total. The Morgan fingerprint density at radius 1 is 1.32 bits per heavy atom. The van der Waals surface area contributed by atoms with Crippen LogP contribution < -0.4 is 10.6 Å². The fraction of sp³-hybridized carbons (Fsp3) is 0.667. The number of amides is 1. The molecule has 2 N–H and O–H groups in total. The molecule has 0 rings (SSSR count). The van der Waals surface area contributed by atoms with Crippen LogP contribution in [-0.4, -0.2) is 32.2 Å². The molecule has 0 radical (unpaired) electrons. The minimum atomic E-state index is -0.318. The number of carbonyl (C=O) groups excluding carboxylic acids is 1. The van der Waals surface area contributed by atoms with E-state index < -0.39 is 0 Å². The van der Waals surface area contributed by atoms with Crippen molar-refractivity contribution in [2.24, 2.45) is 0 Å². The van der Waals surface area contributed by atoms with Crippen molar-refractivity contribution in [2.45, 2.75) is 46.1 Å². The molecule has 0 aromatic heterocycles. The van der Waals surface area contributed by atoms with Crippen molar-refractivity contribution in [1.82, 2.24) is 10.6 Å². The van der Waals surface area contributed by atoms with E-state index in [9.17, 15) is 4.79 Å². The van der Waals surface area contributed by atoms with Crippen LogP contribution in [0.15, 0.2) is 23.9 Å². The minimum absolute atomic E-state index is 0.0179. The molecule has 0 aromatic carbocycles. The van der Waals surface area contributed by atoms with Crippen molar-refractivity contribution >= 4 is 5.91 Å². The van der Waals surface area contributed by atoms with E-state index >= 15 is 0 Å². The Morgan fingerprint density at radius 2 is 2.05 bits per heavy atom. The van der Waals surface area contributed by atoms with Gasteiger partial charge in [-0.2, -0.15) is 0 Å². The van der Waals surface area contributed by atoms with E-state index in [1.54, 1.807) is 7.11 Å². The summed E-state index contributed by atoms with van der Waals surface area (Å²) in [6.45, 7) is 7.66. The smallest absolute Gasteiger partial charge is 0.249 e. The average Bonchev–Trinajstić information content (AvgIpc) is 2.42. The second-order valence-corrected chi connectivity index (χ2v) is 4.27. The third-order valence-electron chi connectivity index (χ3n) is 2.73. The van der Waals surface area contributed by atoms with Gasteiger partial charge in [0.25, 0.3) is 0 Å². The highest BCUT2D eigenvalue weighted by atomic mass is 16.5. The highest BCUT2D eigenvalue weighted by Gasteiger charge is 2.15. The highest BCUT2D eigenvalue weighted by Crippen LogP contribution is 2.00. The van der Waals surface area contributed by atoms with Gasteiger partial charge in [-0.05, 0) is 32.8 Å². The van der Waals surface area contributed by atoms with Gasteiger partial charge < -0.3 is 15.4 Å². The first kappa shape index (κ1) is 17.7. The first-order chi connectivity index (χ1) is 9.19. The van der Waals surface area contributed by atoms with E-state index in [4.69, 9.17) is 4.74 Å². The molecule has 0 saturated heterocycles. The molecule has 0 saturated carbocycles. The van der Waals surface area contributed by atoms with Gasteiger partial charge in [0, 0.05) is 25.9 Å². The number of likely N-dealkylation sites (N-methyl/N-ethyl adjacent to an activating group) is 1. The van der Waals surface area contributed by atoms with Gasteiger partial charge in [-0.25, -0.2) is 0 Å². The lowest BCUT2D eigenvalue weighted by atomic mass is 10.2. The van der Waals surface area contributed by atoms with E-state index in [2.05, 4.69) is 23.6 Å². The number of nitrogens with one attached hydrogen (secondary N) is 2. The molecule has 0 bridgehead atoms. The summed E-state index contributed by atoms with van der Waals surface area (Å²) in [6.07, 6.45) is 8.33. The van der Waals surface area contributed by atoms with Gasteiger partial charge in [0.15, 0.2) is 0 Å². The lowest BCUT2D eigenvalue weighted by Crippen LogP contribution is -2.36. The zero-order valence-corrected chi connectivity index (χ0v) is 12.7. The fourth-order valence-corrected chi connectivity index (χ4v) is 1.68. The van der Waals surface area contributed by atoms with Crippen molar-refractivity contribution in [3.63, 3.8) is 0 Å². The topological polar surface area (TPSA) is 50.4 Å². The van der Waals surface area contributed by atoms with Gasteiger partial charge in [-0.1, -0.05) is 25.5 Å². The Morgan fingerprint density at radius 3 is 2.58 bits per heavy atom. The van der Waals surface area contributed by atoms with E-state index in [-0.39, 0.29) is 12.0 Å². The van der Waals surface area contributed by atoms with E-state index in [0.717, 1.165) is 31.5 Å². The summed E-state index contributed by atoms with van der Waals surface area (Å²) in [5.74, 6) is -0.0179. The molecule has 0 fully saturated rings. The van der Waals surface area contributed by atoms with Crippen LogP contribution >= 0.6 is 0 Å². The Labute approximate surface area is 117 Å². The molecule has 0 aliphatic rings. The van der Waals surface area contributed by atoms with Crippen LogP contribution in [-0.2, 0) is 9.53 Å². The zero-order valence-electron chi connectivity index (χ0n) is 12.7. The lowest BCUT2D eigenvalue weighted by Gasteiger charge is -2.13. The largest absolute Gasteiger partial charge is 0.386 e. The van der Waals surface area contributed by atoms with Crippen molar-refractivity contribution in [3.05, 3.63) is 23.9 Å². The van der Waals surface area contributed by atoms with Crippen LogP contribution in [0.1, 0.15) is 40.0 Å². The number of allylic oxidation sites excluding steroid dienone is 2. The molecule has 110 valence electrons. The standard InChI is InChI=1S/C15H28N2O2/c1-5-10-14(19-4)15(18)17-12-9-8-11-13(6-2)16-7-3/h6,8,11,14,16H,5,7,9-10,12H2,1-4H3,(H,17,18)/b11-8-,13-6+/t14-/m1/s1. The molecular formula is C15H28N2O2. The molecular weight excluding hydrogens is 240 g/mol. The third-order valence-corrected chi connectivity index (χ3v) is 2.73. The van der Waals surface area contributed by atoms with Crippen LogP contribution in [0.5, 0.6) is 0 Å². The number of rotatable bonds is 10. The molecule has 1 amide bonds. The average molecular weight is 268 g/mol. The van der Waals surface area contributed by atoms with Crippen LogP contribution in [0.3, 0.4) is 0 Å². The van der Waals surface area contributed by atoms with Gasteiger partial charge in [-0.3, -0.25) is 4.79 Å². The van der Waals surface area contributed by atoms with E-state index in [1.165, 1.54) is 0 Å². The maximum absolute atomic E-state index is 11.7. The number of hydrogen-bond acceptors (Lipinski definition) is 3. The maximum atomic E-state index is 11.7. The monoisotopic (exact) mass is 268 g/mol. The van der Waals surface area contributed by atoms with Crippen LogP contribution in [0.2, 0.25) is 0 Å². The second kappa shape index (κ2) is 11.8. The first-order valence-corrected chi connectivity index (χ1v) is 7.06. The van der Waals surface area contributed by atoms with Gasteiger partial charge in [0.05, 0.1) is 0 Å². The summed E-state index contributed by atoms with van der Waals surface area (Å²) in [4.78, 5) is 11.7. The fourth-order valence-electron chi connectivity index (χ4n) is 1.68. The van der Waals surface area contributed by atoms with Crippen LogP contribution in [0, 0.1) is 0 Å².